The Labute approximate surface area is 148 Å². The Bertz CT molecular complexity index is 844. The van der Waals surface area contributed by atoms with Crippen LogP contribution in [-0.4, -0.2) is 16.5 Å². The number of rotatable bonds is 7. The van der Waals surface area contributed by atoms with Crippen molar-refractivity contribution in [2.45, 2.75) is 13.5 Å². The molecule has 126 valence electrons. The fraction of sp³-hybridized carbons (Fsp3) is 0.143. The molecule has 0 spiro atoms. The molecule has 0 fully saturated rings. The molecule has 0 bridgehead atoms. The lowest BCUT2D eigenvalue weighted by atomic mass is 10.1. The van der Waals surface area contributed by atoms with Crippen molar-refractivity contribution in [3.63, 3.8) is 0 Å². The van der Waals surface area contributed by atoms with Crippen LogP contribution in [0.3, 0.4) is 0 Å². The van der Waals surface area contributed by atoms with Crippen LogP contribution >= 0.6 is 0 Å². The van der Waals surface area contributed by atoms with E-state index in [-0.39, 0.29) is 0 Å². The van der Waals surface area contributed by atoms with E-state index in [1.165, 1.54) is 11.1 Å². The van der Waals surface area contributed by atoms with Gasteiger partial charge in [0.25, 0.3) is 0 Å². The van der Waals surface area contributed by atoms with Crippen molar-refractivity contribution >= 4 is 11.8 Å². The standard InChI is InChI=1S/C21H22N4/c1-3-12-22-20-14-19(18-10-5-4-6-11-18)24-21(25-20)23-15-17-9-7-8-16(2)13-17/h3-11,13-14H,1,12,15H2,2H3,(H2,22,23,24,25). The Morgan fingerprint density at radius 3 is 2.56 bits per heavy atom. The van der Waals surface area contributed by atoms with Gasteiger partial charge in [0, 0.05) is 24.7 Å². The van der Waals surface area contributed by atoms with E-state index < -0.39 is 0 Å². The second kappa shape index (κ2) is 8.11. The Morgan fingerprint density at radius 1 is 0.960 bits per heavy atom. The van der Waals surface area contributed by atoms with Crippen molar-refractivity contribution in [2.75, 3.05) is 17.2 Å². The average Bonchev–Trinajstić information content (AvgIpc) is 2.65. The molecule has 3 rings (SSSR count). The van der Waals surface area contributed by atoms with Gasteiger partial charge in [-0.3, -0.25) is 0 Å². The molecular weight excluding hydrogens is 308 g/mol. The summed E-state index contributed by atoms with van der Waals surface area (Å²) >= 11 is 0. The Morgan fingerprint density at radius 2 is 1.80 bits per heavy atom. The molecule has 1 heterocycles. The number of benzene rings is 2. The molecule has 4 nitrogen and oxygen atoms in total. The number of nitrogens with one attached hydrogen (secondary N) is 2. The summed E-state index contributed by atoms with van der Waals surface area (Å²) in [4.78, 5) is 9.21. The van der Waals surface area contributed by atoms with E-state index in [9.17, 15) is 0 Å². The predicted molar refractivity (Wildman–Crippen MR) is 105 cm³/mol. The number of anilines is 2. The van der Waals surface area contributed by atoms with E-state index in [1.807, 2.05) is 42.5 Å². The topological polar surface area (TPSA) is 49.8 Å². The van der Waals surface area contributed by atoms with Gasteiger partial charge in [-0.05, 0) is 12.5 Å². The maximum Gasteiger partial charge on any atom is 0.225 e. The summed E-state index contributed by atoms with van der Waals surface area (Å²) in [6.07, 6.45) is 1.81. The maximum absolute atomic E-state index is 4.66. The fourth-order valence-corrected chi connectivity index (χ4v) is 2.55. The van der Waals surface area contributed by atoms with Gasteiger partial charge >= 0.3 is 0 Å². The molecule has 0 amide bonds. The first-order valence-corrected chi connectivity index (χ1v) is 8.33. The maximum atomic E-state index is 4.66. The number of hydrogen-bond donors (Lipinski definition) is 2. The van der Waals surface area contributed by atoms with Gasteiger partial charge in [-0.2, -0.15) is 4.98 Å². The van der Waals surface area contributed by atoms with Crippen LogP contribution in [0.4, 0.5) is 11.8 Å². The molecule has 0 aliphatic heterocycles. The molecule has 0 atom stereocenters. The first kappa shape index (κ1) is 16.7. The Balaban J connectivity index is 1.85. The van der Waals surface area contributed by atoms with Gasteiger partial charge in [0.1, 0.15) is 5.82 Å². The van der Waals surface area contributed by atoms with E-state index in [1.54, 1.807) is 0 Å². The highest BCUT2D eigenvalue weighted by Gasteiger charge is 2.06. The van der Waals surface area contributed by atoms with Crippen LogP contribution in [0.1, 0.15) is 11.1 Å². The molecule has 25 heavy (non-hydrogen) atoms. The van der Waals surface area contributed by atoms with Crippen LogP contribution in [0.15, 0.2) is 73.3 Å². The van der Waals surface area contributed by atoms with E-state index in [0.29, 0.717) is 19.0 Å². The van der Waals surface area contributed by atoms with Gasteiger partial charge in [0.15, 0.2) is 0 Å². The molecule has 1 aromatic heterocycles. The lowest BCUT2D eigenvalue weighted by molar-refractivity contribution is 1.05. The van der Waals surface area contributed by atoms with Crippen LogP contribution in [0.25, 0.3) is 11.3 Å². The van der Waals surface area contributed by atoms with Gasteiger partial charge in [-0.25, -0.2) is 4.98 Å². The van der Waals surface area contributed by atoms with E-state index in [2.05, 4.69) is 58.4 Å². The smallest absolute Gasteiger partial charge is 0.225 e. The highest BCUT2D eigenvalue weighted by Crippen LogP contribution is 2.21. The number of aromatic nitrogens is 2. The lowest BCUT2D eigenvalue weighted by Gasteiger charge is -2.11. The summed E-state index contributed by atoms with van der Waals surface area (Å²) in [5.74, 6) is 1.38. The molecule has 2 N–H and O–H groups in total. The van der Waals surface area contributed by atoms with Crippen molar-refractivity contribution in [1.82, 2.24) is 9.97 Å². The molecule has 0 radical (unpaired) electrons. The quantitative estimate of drug-likeness (QED) is 0.619. The second-order valence-corrected chi connectivity index (χ2v) is 5.84. The molecule has 0 unspecified atom stereocenters. The Kier molecular flexibility index (Phi) is 5.42. The van der Waals surface area contributed by atoms with Gasteiger partial charge < -0.3 is 10.6 Å². The van der Waals surface area contributed by atoms with Crippen LogP contribution in [0.5, 0.6) is 0 Å². The van der Waals surface area contributed by atoms with Crippen molar-refractivity contribution in [3.05, 3.63) is 84.4 Å². The summed E-state index contributed by atoms with van der Waals surface area (Å²) in [5, 5.41) is 6.57. The zero-order valence-corrected chi connectivity index (χ0v) is 14.4. The Hall–Kier alpha value is -3.14. The zero-order valence-electron chi connectivity index (χ0n) is 14.4. The van der Waals surface area contributed by atoms with E-state index in [4.69, 9.17) is 0 Å². The highest BCUT2D eigenvalue weighted by atomic mass is 15.1. The molecule has 4 heteroatoms. The summed E-state index contributed by atoms with van der Waals surface area (Å²) in [7, 11) is 0. The summed E-state index contributed by atoms with van der Waals surface area (Å²) < 4.78 is 0. The van der Waals surface area contributed by atoms with Crippen molar-refractivity contribution in [1.29, 1.82) is 0 Å². The molecular formula is C21H22N4. The predicted octanol–water partition coefficient (Wildman–Crippen LogP) is 4.66. The monoisotopic (exact) mass is 330 g/mol. The third kappa shape index (κ3) is 4.67. The average molecular weight is 330 g/mol. The van der Waals surface area contributed by atoms with Gasteiger partial charge in [-0.15, -0.1) is 6.58 Å². The molecule has 0 saturated carbocycles. The van der Waals surface area contributed by atoms with Crippen LogP contribution in [0.2, 0.25) is 0 Å². The minimum absolute atomic E-state index is 0.606. The molecule has 0 aliphatic rings. The number of nitrogens with zero attached hydrogens (tertiary/aromatic N) is 2. The van der Waals surface area contributed by atoms with Crippen molar-refractivity contribution in [3.8, 4) is 11.3 Å². The van der Waals surface area contributed by atoms with Crippen molar-refractivity contribution < 1.29 is 0 Å². The number of aryl methyl sites for hydroxylation is 1. The summed E-state index contributed by atoms with van der Waals surface area (Å²) in [5.41, 5.74) is 4.39. The van der Waals surface area contributed by atoms with Crippen molar-refractivity contribution in [2.24, 2.45) is 0 Å². The highest BCUT2D eigenvalue weighted by molar-refractivity contribution is 5.64. The van der Waals surface area contributed by atoms with Gasteiger partial charge in [0.05, 0.1) is 5.69 Å². The first-order chi connectivity index (χ1) is 12.2. The minimum Gasteiger partial charge on any atom is -0.366 e. The van der Waals surface area contributed by atoms with Crippen LogP contribution in [0, 0.1) is 6.92 Å². The van der Waals surface area contributed by atoms with Gasteiger partial charge in [0.2, 0.25) is 5.95 Å². The van der Waals surface area contributed by atoms with Gasteiger partial charge in [-0.1, -0.05) is 66.2 Å². The summed E-state index contributed by atoms with van der Waals surface area (Å²) in [6, 6.07) is 20.5. The number of hydrogen-bond acceptors (Lipinski definition) is 4. The first-order valence-electron chi connectivity index (χ1n) is 8.33. The van der Waals surface area contributed by atoms with E-state index >= 15 is 0 Å². The summed E-state index contributed by atoms with van der Waals surface area (Å²) in [6.45, 7) is 7.17. The third-order valence-electron chi connectivity index (χ3n) is 3.76. The van der Waals surface area contributed by atoms with Crippen LogP contribution < -0.4 is 10.6 Å². The molecule has 0 saturated heterocycles. The zero-order chi connectivity index (χ0) is 17.5. The largest absolute Gasteiger partial charge is 0.366 e. The second-order valence-electron chi connectivity index (χ2n) is 5.84. The molecule has 2 aromatic carbocycles. The fourth-order valence-electron chi connectivity index (χ4n) is 2.55. The normalized spacial score (nSPS) is 10.3. The van der Waals surface area contributed by atoms with E-state index in [0.717, 1.165) is 17.1 Å². The molecule has 3 aromatic rings. The lowest BCUT2D eigenvalue weighted by Crippen LogP contribution is -2.08. The molecule has 0 aliphatic carbocycles. The third-order valence-corrected chi connectivity index (χ3v) is 3.76. The SMILES string of the molecule is C=CCNc1cc(-c2ccccc2)nc(NCc2cccc(C)c2)n1. The minimum atomic E-state index is 0.606. The van der Waals surface area contributed by atoms with Crippen LogP contribution in [-0.2, 0) is 6.54 Å².